The van der Waals surface area contributed by atoms with Crippen molar-refractivity contribution in [1.29, 1.82) is 10.5 Å². The second-order valence-electron chi connectivity index (χ2n) is 6.66. The standard InChI is InChI=1S/C21H26N2O4/c1-4-8-17-13-18(20(25)26-5-2)9-10-19(17)21(14-22,15-23)11-6-7-12-27-16(3)24/h4,17-19H,1,5,8-13H2,2-3H3/t17-,18-,19-/m0/s1. The molecule has 0 aliphatic heterocycles. The fourth-order valence-corrected chi connectivity index (χ4v) is 3.65. The Morgan fingerprint density at radius 3 is 2.48 bits per heavy atom. The van der Waals surface area contributed by atoms with Crippen LogP contribution in [0.3, 0.4) is 0 Å². The first-order chi connectivity index (χ1) is 12.9. The molecule has 0 aromatic carbocycles. The van der Waals surface area contributed by atoms with E-state index in [2.05, 4.69) is 30.6 Å². The summed E-state index contributed by atoms with van der Waals surface area (Å²) in [5.74, 6) is 4.41. The Morgan fingerprint density at radius 2 is 1.93 bits per heavy atom. The van der Waals surface area contributed by atoms with E-state index in [1.54, 1.807) is 13.0 Å². The van der Waals surface area contributed by atoms with Crippen molar-refractivity contribution in [3.63, 3.8) is 0 Å². The molecule has 6 heteroatoms. The lowest BCUT2D eigenvalue weighted by molar-refractivity contribution is -0.150. The van der Waals surface area contributed by atoms with Gasteiger partial charge in [0.2, 0.25) is 0 Å². The molecule has 144 valence electrons. The molecule has 0 N–H and O–H groups in total. The summed E-state index contributed by atoms with van der Waals surface area (Å²) in [6, 6.07) is 4.34. The number of ether oxygens (including phenoxy) is 2. The van der Waals surface area contributed by atoms with Gasteiger partial charge in [0.15, 0.2) is 12.0 Å². The summed E-state index contributed by atoms with van der Waals surface area (Å²) in [5.41, 5.74) is -1.27. The second kappa shape index (κ2) is 11.0. The van der Waals surface area contributed by atoms with Crippen molar-refractivity contribution in [1.82, 2.24) is 0 Å². The first-order valence-electron chi connectivity index (χ1n) is 9.13. The van der Waals surface area contributed by atoms with Gasteiger partial charge < -0.3 is 9.47 Å². The normalized spacial score (nSPS) is 21.6. The van der Waals surface area contributed by atoms with Crippen molar-refractivity contribution < 1.29 is 19.1 Å². The van der Waals surface area contributed by atoms with Gasteiger partial charge in [-0.3, -0.25) is 9.59 Å². The molecular formula is C21H26N2O4. The van der Waals surface area contributed by atoms with Gasteiger partial charge in [-0.05, 0) is 44.4 Å². The Morgan fingerprint density at radius 1 is 1.22 bits per heavy atom. The van der Waals surface area contributed by atoms with Crippen LogP contribution in [0.1, 0.15) is 46.0 Å². The van der Waals surface area contributed by atoms with E-state index in [4.69, 9.17) is 9.47 Å². The molecule has 1 aliphatic rings. The molecule has 0 saturated heterocycles. The van der Waals surface area contributed by atoms with E-state index < -0.39 is 11.4 Å². The summed E-state index contributed by atoms with van der Waals surface area (Å²) < 4.78 is 9.88. The third-order valence-corrected chi connectivity index (χ3v) is 4.94. The number of hydrogen-bond donors (Lipinski definition) is 0. The topological polar surface area (TPSA) is 100 Å². The molecule has 0 spiro atoms. The Labute approximate surface area is 161 Å². The Bertz CT molecular complexity index is 676. The summed E-state index contributed by atoms with van der Waals surface area (Å²) in [7, 11) is 0. The largest absolute Gasteiger partial charge is 0.466 e. The average Bonchev–Trinajstić information content (AvgIpc) is 2.65. The van der Waals surface area contributed by atoms with Crippen molar-refractivity contribution in [3.8, 4) is 24.0 Å². The van der Waals surface area contributed by atoms with Crippen LogP contribution in [0.5, 0.6) is 0 Å². The average molecular weight is 370 g/mol. The zero-order valence-electron chi connectivity index (χ0n) is 16.0. The molecule has 0 heterocycles. The van der Waals surface area contributed by atoms with Gasteiger partial charge >= 0.3 is 11.9 Å². The Balaban J connectivity index is 2.96. The van der Waals surface area contributed by atoms with Crippen molar-refractivity contribution in [2.45, 2.75) is 46.0 Å². The maximum Gasteiger partial charge on any atom is 0.308 e. The molecular weight excluding hydrogens is 344 g/mol. The molecule has 0 aromatic heterocycles. The minimum Gasteiger partial charge on any atom is -0.466 e. The lowest BCUT2D eigenvalue weighted by Crippen LogP contribution is -2.39. The van der Waals surface area contributed by atoms with Crippen molar-refractivity contribution in [2.75, 3.05) is 13.2 Å². The zero-order chi connectivity index (χ0) is 20.3. The van der Waals surface area contributed by atoms with Crippen LogP contribution in [0, 0.1) is 57.7 Å². The van der Waals surface area contributed by atoms with Crippen LogP contribution in [0.4, 0.5) is 0 Å². The van der Waals surface area contributed by atoms with Crippen molar-refractivity contribution >= 4 is 11.9 Å². The number of rotatable bonds is 7. The molecule has 0 unspecified atom stereocenters. The van der Waals surface area contributed by atoms with E-state index in [1.165, 1.54) is 6.92 Å². The summed E-state index contributed by atoms with van der Waals surface area (Å²) >= 11 is 0. The number of esters is 2. The predicted octanol–water partition coefficient (Wildman–Crippen LogP) is 3.15. The van der Waals surface area contributed by atoms with Crippen molar-refractivity contribution in [3.05, 3.63) is 12.7 Å². The number of nitrogens with zero attached hydrogens (tertiary/aromatic N) is 2. The van der Waals surface area contributed by atoms with Crippen LogP contribution in [0.2, 0.25) is 0 Å². The summed E-state index contributed by atoms with van der Waals surface area (Å²) in [6.07, 6.45) is 4.19. The highest BCUT2D eigenvalue weighted by Crippen LogP contribution is 2.47. The molecule has 1 fully saturated rings. The maximum absolute atomic E-state index is 12.1. The molecule has 0 bridgehead atoms. The number of allylic oxidation sites excluding steroid dienone is 1. The SMILES string of the molecule is C=CC[C@H]1C[C@@H](C(=O)OCC)CC[C@@H]1C(C#N)(C#N)CC#CCOC(C)=O. The molecule has 1 rings (SSSR count). The number of carbonyl (C=O) groups is 2. The third kappa shape index (κ3) is 6.15. The van der Waals surface area contributed by atoms with Crippen LogP contribution in [-0.4, -0.2) is 25.2 Å². The van der Waals surface area contributed by atoms with Crippen LogP contribution in [0.15, 0.2) is 12.7 Å². The number of nitriles is 2. The quantitative estimate of drug-likeness (QED) is 0.388. The molecule has 0 radical (unpaired) electrons. The Kier molecular flexibility index (Phi) is 9.11. The fourth-order valence-electron chi connectivity index (χ4n) is 3.65. The molecule has 1 aliphatic carbocycles. The summed E-state index contributed by atoms with van der Waals surface area (Å²) in [6.45, 7) is 7.11. The van der Waals surface area contributed by atoms with Crippen molar-refractivity contribution in [2.24, 2.45) is 23.2 Å². The van der Waals surface area contributed by atoms with Crippen LogP contribution >= 0.6 is 0 Å². The number of hydrogen-bond acceptors (Lipinski definition) is 6. The first kappa shape index (κ1) is 22.3. The number of carbonyl (C=O) groups excluding carboxylic acids is 2. The van der Waals surface area contributed by atoms with Crippen LogP contribution in [-0.2, 0) is 19.1 Å². The predicted molar refractivity (Wildman–Crippen MR) is 98.5 cm³/mol. The van der Waals surface area contributed by atoms with Gasteiger partial charge in [0, 0.05) is 13.3 Å². The highest BCUT2D eigenvalue weighted by molar-refractivity contribution is 5.72. The van der Waals surface area contributed by atoms with Gasteiger partial charge in [-0.15, -0.1) is 6.58 Å². The first-order valence-corrected chi connectivity index (χ1v) is 9.13. The molecule has 6 nitrogen and oxygen atoms in total. The zero-order valence-corrected chi connectivity index (χ0v) is 16.0. The summed E-state index contributed by atoms with van der Waals surface area (Å²) in [5, 5.41) is 19.6. The molecule has 3 atom stereocenters. The highest BCUT2D eigenvalue weighted by Gasteiger charge is 2.47. The van der Waals surface area contributed by atoms with E-state index in [9.17, 15) is 20.1 Å². The van der Waals surface area contributed by atoms with E-state index in [1.807, 2.05) is 0 Å². The fraction of sp³-hybridized carbons (Fsp3) is 0.619. The molecule has 27 heavy (non-hydrogen) atoms. The van der Waals surface area contributed by atoms with Gasteiger partial charge in [0.05, 0.1) is 24.7 Å². The van der Waals surface area contributed by atoms with E-state index >= 15 is 0 Å². The van der Waals surface area contributed by atoms with E-state index in [0.717, 1.165) is 0 Å². The van der Waals surface area contributed by atoms with E-state index in [0.29, 0.717) is 32.3 Å². The highest BCUT2D eigenvalue weighted by atomic mass is 16.5. The van der Waals surface area contributed by atoms with Crippen LogP contribution < -0.4 is 0 Å². The molecule has 0 amide bonds. The minimum atomic E-state index is -1.27. The summed E-state index contributed by atoms with van der Waals surface area (Å²) in [4.78, 5) is 22.9. The van der Waals surface area contributed by atoms with Crippen LogP contribution in [0.25, 0.3) is 0 Å². The Hall–Kier alpha value is -2.78. The minimum absolute atomic E-state index is 0.0137. The molecule has 0 aromatic rings. The van der Waals surface area contributed by atoms with Gasteiger partial charge in [0.1, 0.15) is 0 Å². The third-order valence-electron chi connectivity index (χ3n) is 4.94. The lowest BCUT2D eigenvalue weighted by Gasteiger charge is -2.40. The van der Waals surface area contributed by atoms with Gasteiger partial charge in [0.25, 0.3) is 0 Å². The lowest BCUT2D eigenvalue weighted by atomic mass is 9.61. The van der Waals surface area contributed by atoms with Gasteiger partial charge in [-0.1, -0.05) is 17.9 Å². The second-order valence-corrected chi connectivity index (χ2v) is 6.66. The molecule has 1 saturated carbocycles. The smallest absolute Gasteiger partial charge is 0.308 e. The van der Waals surface area contributed by atoms with Gasteiger partial charge in [-0.25, -0.2) is 0 Å². The van der Waals surface area contributed by atoms with E-state index in [-0.39, 0.29) is 36.8 Å². The van der Waals surface area contributed by atoms with Gasteiger partial charge in [-0.2, -0.15) is 10.5 Å². The monoisotopic (exact) mass is 370 g/mol. The maximum atomic E-state index is 12.1.